The molecule has 3 aromatic rings. The molecular formula is C22H21F3N4O. The second-order valence-electron chi connectivity index (χ2n) is 7.26. The zero-order valence-electron chi connectivity index (χ0n) is 16.3. The summed E-state index contributed by atoms with van der Waals surface area (Å²) in [4.78, 5) is 12.6. The number of aryl methyl sites for hydroxylation is 1. The minimum absolute atomic E-state index is 0.0694. The van der Waals surface area contributed by atoms with Crippen molar-refractivity contribution in [2.24, 2.45) is 0 Å². The van der Waals surface area contributed by atoms with Gasteiger partial charge in [-0.15, -0.1) is 0 Å². The van der Waals surface area contributed by atoms with E-state index in [1.807, 2.05) is 25.1 Å². The van der Waals surface area contributed by atoms with Crippen LogP contribution in [0, 0.1) is 0 Å². The maximum absolute atomic E-state index is 13.7. The molecule has 8 heteroatoms. The molecule has 156 valence electrons. The fourth-order valence-corrected chi connectivity index (χ4v) is 3.61. The van der Waals surface area contributed by atoms with E-state index < -0.39 is 24.2 Å². The fraction of sp³-hybridized carbons (Fsp3) is 0.273. The molecule has 0 saturated carbocycles. The third-order valence-corrected chi connectivity index (χ3v) is 5.24. The van der Waals surface area contributed by atoms with Crippen LogP contribution in [0.25, 0.3) is 0 Å². The summed E-state index contributed by atoms with van der Waals surface area (Å²) in [7, 11) is 0. The molecule has 2 heterocycles. The van der Waals surface area contributed by atoms with Gasteiger partial charge in [-0.25, -0.2) is 4.68 Å². The predicted molar refractivity (Wildman–Crippen MR) is 109 cm³/mol. The molecule has 2 aromatic carbocycles. The molecule has 0 radical (unpaired) electrons. The van der Waals surface area contributed by atoms with E-state index in [9.17, 15) is 18.0 Å². The molecular weight excluding hydrogens is 393 g/mol. The molecule has 4 rings (SSSR count). The number of nitrogens with zero attached hydrogens (tertiary/aromatic N) is 2. The van der Waals surface area contributed by atoms with Gasteiger partial charge in [-0.05, 0) is 29.7 Å². The van der Waals surface area contributed by atoms with E-state index in [-0.39, 0.29) is 17.9 Å². The Hall–Kier alpha value is -3.29. The Morgan fingerprint density at radius 3 is 2.50 bits per heavy atom. The summed E-state index contributed by atoms with van der Waals surface area (Å²) in [6, 6.07) is 15.3. The lowest BCUT2D eigenvalue weighted by Crippen LogP contribution is -2.35. The second kappa shape index (κ2) is 7.85. The van der Waals surface area contributed by atoms with Crippen molar-refractivity contribution in [1.82, 2.24) is 9.78 Å². The molecule has 0 saturated heterocycles. The molecule has 0 aliphatic carbocycles. The van der Waals surface area contributed by atoms with Crippen molar-refractivity contribution in [2.45, 2.75) is 38.0 Å². The summed E-state index contributed by atoms with van der Waals surface area (Å²) in [5, 5.41) is 9.76. The molecule has 5 nitrogen and oxygen atoms in total. The molecule has 1 aromatic heterocycles. The monoisotopic (exact) mass is 414 g/mol. The first kappa shape index (κ1) is 20.0. The summed E-state index contributed by atoms with van der Waals surface area (Å²) in [5.41, 5.74) is 2.36. The van der Waals surface area contributed by atoms with Crippen molar-refractivity contribution >= 4 is 17.4 Å². The summed E-state index contributed by atoms with van der Waals surface area (Å²) in [6.07, 6.45) is -3.82. The average Bonchev–Trinajstić information content (AvgIpc) is 3.18. The Labute approximate surface area is 171 Å². The standard InChI is InChI=1S/C22H21F3N4O/c1-2-14-8-10-16(11-9-14)26-21(30)18-13-20-27-17(15-6-4-3-5-7-15)12-19(22(23,24)25)29(20)28-18/h3-11,13,17,19,27H,2,12H2,1H3,(H,26,30)/t17-,19-/m0/s1. The highest BCUT2D eigenvalue weighted by molar-refractivity contribution is 6.03. The van der Waals surface area contributed by atoms with Crippen LogP contribution in [0.2, 0.25) is 0 Å². The highest BCUT2D eigenvalue weighted by Crippen LogP contribution is 2.43. The topological polar surface area (TPSA) is 59.0 Å². The number of hydrogen-bond acceptors (Lipinski definition) is 3. The van der Waals surface area contributed by atoms with Crippen LogP contribution in [0.4, 0.5) is 24.7 Å². The fourth-order valence-electron chi connectivity index (χ4n) is 3.61. The minimum Gasteiger partial charge on any atom is -0.363 e. The first-order chi connectivity index (χ1) is 14.3. The Morgan fingerprint density at radius 2 is 1.87 bits per heavy atom. The molecule has 0 unspecified atom stereocenters. The van der Waals surface area contributed by atoms with Gasteiger partial charge >= 0.3 is 6.18 Å². The number of anilines is 2. The molecule has 0 bridgehead atoms. The van der Waals surface area contributed by atoms with Crippen molar-refractivity contribution < 1.29 is 18.0 Å². The normalized spacial score (nSPS) is 18.4. The van der Waals surface area contributed by atoms with Crippen LogP contribution in [0.3, 0.4) is 0 Å². The van der Waals surface area contributed by atoms with Crippen molar-refractivity contribution in [2.75, 3.05) is 10.6 Å². The van der Waals surface area contributed by atoms with Gasteiger partial charge in [0.05, 0.1) is 6.04 Å². The van der Waals surface area contributed by atoms with E-state index in [0.717, 1.165) is 22.2 Å². The zero-order valence-corrected chi connectivity index (χ0v) is 16.3. The average molecular weight is 414 g/mol. The van der Waals surface area contributed by atoms with Crippen LogP contribution in [-0.4, -0.2) is 21.9 Å². The number of amides is 1. The Morgan fingerprint density at radius 1 is 1.17 bits per heavy atom. The molecule has 30 heavy (non-hydrogen) atoms. The minimum atomic E-state index is -4.49. The van der Waals surface area contributed by atoms with E-state index in [1.165, 1.54) is 6.07 Å². The first-order valence-electron chi connectivity index (χ1n) is 9.73. The number of alkyl halides is 3. The third-order valence-electron chi connectivity index (χ3n) is 5.24. The lowest BCUT2D eigenvalue weighted by atomic mass is 9.97. The number of fused-ring (bicyclic) bond motifs is 1. The van der Waals surface area contributed by atoms with Gasteiger partial charge in [0.25, 0.3) is 5.91 Å². The summed E-state index contributed by atoms with van der Waals surface area (Å²) in [5.74, 6) is -0.385. The lowest BCUT2D eigenvalue weighted by molar-refractivity contribution is -0.173. The first-order valence-corrected chi connectivity index (χ1v) is 9.73. The van der Waals surface area contributed by atoms with Gasteiger partial charge in [0.15, 0.2) is 11.7 Å². The van der Waals surface area contributed by atoms with Crippen LogP contribution in [0.15, 0.2) is 60.7 Å². The third kappa shape index (κ3) is 4.03. The van der Waals surface area contributed by atoms with E-state index >= 15 is 0 Å². The number of carbonyl (C=O) groups is 1. The molecule has 0 fully saturated rings. The van der Waals surface area contributed by atoms with Gasteiger partial charge in [-0.3, -0.25) is 4.79 Å². The van der Waals surface area contributed by atoms with Crippen LogP contribution in [0.1, 0.15) is 47.0 Å². The number of halogens is 3. The smallest absolute Gasteiger partial charge is 0.363 e. The van der Waals surface area contributed by atoms with E-state index in [4.69, 9.17) is 0 Å². The highest BCUT2D eigenvalue weighted by Gasteiger charge is 2.46. The SMILES string of the molecule is CCc1ccc(NC(=O)c2cc3n(n2)[C@H](C(F)(F)F)C[C@@H](c2ccccc2)N3)cc1. The quantitative estimate of drug-likeness (QED) is 0.604. The number of aromatic nitrogens is 2. The van der Waals surface area contributed by atoms with Crippen molar-refractivity contribution in [3.8, 4) is 0 Å². The maximum Gasteiger partial charge on any atom is 0.410 e. The van der Waals surface area contributed by atoms with Gasteiger partial charge in [-0.1, -0.05) is 49.4 Å². The molecule has 1 aliphatic rings. The maximum atomic E-state index is 13.7. The summed E-state index contributed by atoms with van der Waals surface area (Å²) in [6.45, 7) is 2.02. The number of carbonyl (C=O) groups excluding carboxylic acids is 1. The van der Waals surface area contributed by atoms with Gasteiger partial charge in [-0.2, -0.15) is 18.3 Å². The number of rotatable bonds is 4. The van der Waals surface area contributed by atoms with Crippen LogP contribution in [-0.2, 0) is 6.42 Å². The zero-order chi connectivity index (χ0) is 21.3. The molecule has 0 spiro atoms. The predicted octanol–water partition coefficient (Wildman–Crippen LogP) is 5.36. The Kier molecular flexibility index (Phi) is 5.24. The van der Waals surface area contributed by atoms with E-state index in [0.29, 0.717) is 5.69 Å². The van der Waals surface area contributed by atoms with Crippen LogP contribution in [0.5, 0.6) is 0 Å². The largest absolute Gasteiger partial charge is 0.410 e. The lowest BCUT2D eigenvalue weighted by Gasteiger charge is -2.33. The number of hydrogen-bond donors (Lipinski definition) is 2. The Balaban J connectivity index is 1.61. The summed E-state index contributed by atoms with van der Waals surface area (Å²) < 4.78 is 42.1. The number of benzene rings is 2. The van der Waals surface area contributed by atoms with Crippen molar-refractivity contribution in [3.05, 3.63) is 77.5 Å². The molecule has 1 amide bonds. The summed E-state index contributed by atoms with van der Waals surface area (Å²) >= 11 is 0. The molecule has 1 aliphatic heterocycles. The van der Waals surface area contributed by atoms with E-state index in [1.54, 1.807) is 36.4 Å². The van der Waals surface area contributed by atoms with Gasteiger partial charge < -0.3 is 10.6 Å². The number of nitrogens with one attached hydrogen (secondary N) is 2. The Bertz CT molecular complexity index is 1030. The second-order valence-corrected chi connectivity index (χ2v) is 7.26. The van der Waals surface area contributed by atoms with Gasteiger partial charge in [0.1, 0.15) is 5.82 Å². The van der Waals surface area contributed by atoms with Crippen molar-refractivity contribution in [3.63, 3.8) is 0 Å². The van der Waals surface area contributed by atoms with E-state index in [2.05, 4.69) is 15.7 Å². The van der Waals surface area contributed by atoms with Gasteiger partial charge in [0.2, 0.25) is 0 Å². The molecule has 2 atom stereocenters. The molecule has 2 N–H and O–H groups in total. The van der Waals surface area contributed by atoms with Crippen LogP contribution >= 0.6 is 0 Å². The van der Waals surface area contributed by atoms with Crippen molar-refractivity contribution in [1.29, 1.82) is 0 Å². The highest BCUT2D eigenvalue weighted by atomic mass is 19.4. The van der Waals surface area contributed by atoms with Crippen LogP contribution < -0.4 is 10.6 Å². The van der Waals surface area contributed by atoms with Gasteiger partial charge in [0, 0.05) is 18.2 Å².